The molecule has 5 atom stereocenters. The zero-order valence-corrected chi connectivity index (χ0v) is 24.9. The summed E-state index contributed by atoms with van der Waals surface area (Å²) in [5.74, 6) is -2.17. The van der Waals surface area contributed by atoms with E-state index in [2.05, 4.69) is 22.8 Å². The molecule has 0 amide bonds. The van der Waals surface area contributed by atoms with Crippen LogP contribution in [0.4, 0.5) is 5.69 Å². The SMILES string of the molecule is CC(=O)O[C@@H]1[C@@H](OS(C)(=O)=O)[C@H](S)O[C@H](COC(=O)Cc2ccc(Cl)cc2NCCCN(C)C)[C@H]1OC(C)=O. The van der Waals surface area contributed by atoms with E-state index in [1.54, 1.807) is 18.2 Å². The average Bonchev–Trinajstić information content (AvgIpc) is 2.80. The quantitative estimate of drug-likeness (QED) is 0.110. The number of ether oxygens (including phenoxy) is 4. The van der Waals surface area contributed by atoms with Gasteiger partial charge >= 0.3 is 17.9 Å². The van der Waals surface area contributed by atoms with Crippen molar-refractivity contribution in [3.05, 3.63) is 28.8 Å². The molecule has 1 N–H and O–H groups in total. The van der Waals surface area contributed by atoms with Crippen LogP contribution in [0.15, 0.2) is 18.2 Å². The van der Waals surface area contributed by atoms with E-state index >= 15 is 0 Å². The Morgan fingerprint density at radius 2 is 1.74 bits per heavy atom. The van der Waals surface area contributed by atoms with Crippen LogP contribution in [-0.2, 0) is 54.1 Å². The van der Waals surface area contributed by atoms with Gasteiger partial charge in [-0.05, 0) is 44.8 Å². The molecule has 1 aromatic rings. The van der Waals surface area contributed by atoms with E-state index < -0.39 is 64.5 Å². The molecule has 0 unspecified atom stereocenters. The lowest BCUT2D eigenvalue weighted by Gasteiger charge is -2.42. The Kier molecular flexibility index (Phi) is 12.8. The summed E-state index contributed by atoms with van der Waals surface area (Å²) in [4.78, 5) is 38.4. The van der Waals surface area contributed by atoms with Crippen LogP contribution in [0.1, 0.15) is 25.8 Å². The van der Waals surface area contributed by atoms with Gasteiger partial charge in [0.25, 0.3) is 10.1 Å². The summed E-state index contributed by atoms with van der Waals surface area (Å²) in [6, 6.07) is 5.09. The Bertz CT molecular complexity index is 1120. The number of anilines is 1. The van der Waals surface area contributed by atoms with Crippen LogP contribution in [0.5, 0.6) is 0 Å². The second-order valence-electron chi connectivity index (χ2n) is 9.22. The van der Waals surface area contributed by atoms with Crippen LogP contribution in [0.25, 0.3) is 0 Å². The van der Waals surface area contributed by atoms with Crippen LogP contribution < -0.4 is 5.32 Å². The van der Waals surface area contributed by atoms with Gasteiger partial charge in [-0.15, -0.1) is 12.6 Å². The molecule has 1 aromatic carbocycles. The first-order valence-corrected chi connectivity index (χ1v) is 14.8. The zero-order chi connectivity index (χ0) is 29.3. The Morgan fingerprint density at radius 3 is 2.33 bits per heavy atom. The largest absolute Gasteiger partial charge is 0.463 e. The minimum Gasteiger partial charge on any atom is -0.463 e. The van der Waals surface area contributed by atoms with Crippen LogP contribution in [0.3, 0.4) is 0 Å². The van der Waals surface area contributed by atoms with Crippen molar-refractivity contribution in [3.8, 4) is 0 Å². The standard InChI is InChI=1S/C24H35ClN2O10S2/c1-14(28)34-21-19(36-24(38)23(37-39(5,31)32)22(21)35-15(2)29)13-33-20(30)11-16-7-8-17(25)12-18(16)26-9-6-10-27(3)4/h7-8,12,19,21-24,26,38H,6,9-11,13H2,1-5H3/t19-,21-,22+,23-,24+/m1/s1. The van der Waals surface area contributed by atoms with Crippen LogP contribution >= 0.6 is 24.2 Å². The summed E-state index contributed by atoms with van der Waals surface area (Å²) < 4.78 is 50.3. The first-order valence-electron chi connectivity index (χ1n) is 12.0. The third kappa shape index (κ3) is 11.5. The third-order valence-electron chi connectivity index (χ3n) is 5.41. The van der Waals surface area contributed by atoms with E-state index in [9.17, 15) is 22.8 Å². The molecular formula is C24H35ClN2O10S2. The fourth-order valence-electron chi connectivity index (χ4n) is 3.86. The number of rotatable bonds is 13. The number of thiol groups is 1. The highest BCUT2D eigenvalue weighted by Crippen LogP contribution is 2.31. The van der Waals surface area contributed by atoms with Gasteiger partial charge in [0, 0.05) is 31.1 Å². The average molecular weight is 611 g/mol. The second-order valence-corrected chi connectivity index (χ2v) is 11.8. The predicted molar refractivity (Wildman–Crippen MR) is 146 cm³/mol. The minimum atomic E-state index is -4.04. The van der Waals surface area contributed by atoms with E-state index in [1.807, 2.05) is 14.1 Å². The molecule has 0 aromatic heterocycles. The Hall–Kier alpha value is -2.10. The molecule has 39 heavy (non-hydrogen) atoms. The molecule has 0 aliphatic carbocycles. The van der Waals surface area contributed by atoms with Crippen molar-refractivity contribution in [2.75, 3.05) is 45.4 Å². The molecular weight excluding hydrogens is 576 g/mol. The van der Waals surface area contributed by atoms with Crippen LogP contribution in [-0.4, -0.2) is 101 Å². The third-order valence-corrected chi connectivity index (χ3v) is 6.63. The summed E-state index contributed by atoms with van der Waals surface area (Å²) in [5.41, 5.74) is 0.117. The monoisotopic (exact) mass is 610 g/mol. The molecule has 2 rings (SSSR count). The van der Waals surface area contributed by atoms with Crippen molar-refractivity contribution in [2.45, 2.75) is 56.5 Å². The van der Waals surface area contributed by atoms with E-state index in [0.29, 0.717) is 22.8 Å². The number of carbonyl (C=O) groups excluding carboxylic acids is 3. The zero-order valence-electron chi connectivity index (χ0n) is 22.4. The number of carbonyl (C=O) groups is 3. The first kappa shape index (κ1) is 33.1. The van der Waals surface area contributed by atoms with Gasteiger partial charge in [0.1, 0.15) is 18.1 Å². The van der Waals surface area contributed by atoms with Crippen molar-refractivity contribution < 1.29 is 45.9 Å². The molecule has 0 spiro atoms. The van der Waals surface area contributed by atoms with E-state index in [0.717, 1.165) is 33.1 Å². The summed E-state index contributed by atoms with van der Waals surface area (Å²) in [5, 5.41) is 3.78. The lowest BCUT2D eigenvalue weighted by Crippen LogP contribution is -2.61. The van der Waals surface area contributed by atoms with Crippen LogP contribution in [0, 0.1) is 0 Å². The lowest BCUT2D eigenvalue weighted by molar-refractivity contribution is -0.226. The molecule has 1 heterocycles. The van der Waals surface area contributed by atoms with E-state index in [4.69, 9.17) is 34.7 Å². The number of nitrogens with zero attached hydrogens (tertiary/aromatic N) is 1. The van der Waals surface area contributed by atoms with Gasteiger partial charge in [-0.2, -0.15) is 8.42 Å². The molecule has 0 radical (unpaired) electrons. The van der Waals surface area contributed by atoms with Crippen molar-refractivity contribution in [1.29, 1.82) is 0 Å². The lowest BCUT2D eigenvalue weighted by atomic mass is 9.99. The van der Waals surface area contributed by atoms with Gasteiger partial charge in [0.2, 0.25) is 0 Å². The Labute approximate surface area is 239 Å². The van der Waals surface area contributed by atoms with E-state index in [-0.39, 0.29) is 6.42 Å². The number of hydrogen-bond donors (Lipinski definition) is 2. The fourth-order valence-corrected chi connectivity index (χ4v) is 5.12. The van der Waals surface area contributed by atoms with Gasteiger partial charge in [-0.25, -0.2) is 0 Å². The van der Waals surface area contributed by atoms with Gasteiger partial charge in [-0.3, -0.25) is 18.6 Å². The molecule has 1 aliphatic rings. The second kappa shape index (κ2) is 15.1. The molecule has 0 saturated carbocycles. The van der Waals surface area contributed by atoms with Crippen molar-refractivity contribution >= 4 is 57.9 Å². The highest BCUT2D eigenvalue weighted by Gasteiger charge is 2.51. The minimum absolute atomic E-state index is 0.102. The number of nitrogens with one attached hydrogen (secondary N) is 1. The first-order chi connectivity index (χ1) is 18.2. The maximum atomic E-state index is 12.8. The molecule has 15 heteroatoms. The number of hydrogen-bond acceptors (Lipinski definition) is 13. The van der Waals surface area contributed by atoms with Gasteiger partial charge in [0.05, 0.1) is 12.7 Å². The predicted octanol–water partition coefficient (Wildman–Crippen LogP) is 1.65. The molecule has 12 nitrogen and oxygen atoms in total. The number of benzene rings is 1. The number of esters is 3. The molecule has 1 aliphatic heterocycles. The van der Waals surface area contributed by atoms with Gasteiger partial charge < -0.3 is 29.2 Å². The molecule has 0 bridgehead atoms. The van der Waals surface area contributed by atoms with Gasteiger partial charge in [0.15, 0.2) is 18.3 Å². The molecule has 220 valence electrons. The molecule has 1 fully saturated rings. The summed E-state index contributed by atoms with van der Waals surface area (Å²) in [7, 11) is -0.0824. The normalized spacial score (nSPS) is 23.2. The summed E-state index contributed by atoms with van der Waals surface area (Å²) >= 11 is 10.4. The van der Waals surface area contributed by atoms with E-state index in [1.165, 1.54) is 0 Å². The Balaban J connectivity index is 2.15. The molecule has 1 saturated heterocycles. The maximum Gasteiger partial charge on any atom is 0.310 e. The maximum absolute atomic E-state index is 12.8. The van der Waals surface area contributed by atoms with Crippen LogP contribution in [0.2, 0.25) is 5.02 Å². The van der Waals surface area contributed by atoms with Crippen molar-refractivity contribution in [2.24, 2.45) is 0 Å². The topological polar surface area (TPSA) is 147 Å². The van der Waals surface area contributed by atoms with Gasteiger partial charge in [-0.1, -0.05) is 17.7 Å². The number of halogens is 1. The highest BCUT2D eigenvalue weighted by molar-refractivity contribution is 7.86. The summed E-state index contributed by atoms with van der Waals surface area (Å²) in [6.45, 7) is 3.35. The smallest absolute Gasteiger partial charge is 0.310 e. The Morgan fingerprint density at radius 1 is 1.10 bits per heavy atom. The van der Waals surface area contributed by atoms with Crippen molar-refractivity contribution in [3.63, 3.8) is 0 Å². The van der Waals surface area contributed by atoms with Crippen molar-refractivity contribution in [1.82, 2.24) is 4.90 Å². The highest BCUT2D eigenvalue weighted by atomic mass is 35.5. The summed E-state index contributed by atoms with van der Waals surface area (Å²) in [6.07, 6.45) is -3.76. The fraction of sp³-hybridized carbons (Fsp3) is 0.625.